The normalized spacial score (nSPS) is 17.4. The number of alkyl halides is 3. The standard InChI is InChI=1S/C17H16F3N5/c1-24(16-4-6-22-11-23-16)13-5-7-25(10-13)15-3-2-12(9-21)8-14(15)17(18,19)20/h2-4,6,8,11,13H,5,7,10H2,1H3. The van der Waals surface area contributed by atoms with Crippen molar-refractivity contribution in [3.63, 3.8) is 0 Å². The molecule has 1 atom stereocenters. The molecule has 1 unspecified atom stereocenters. The highest BCUT2D eigenvalue weighted by atomic mass is 19.4. The average Bonchev–Trinajstić information content (AvgIpc) is 3.10. The van der Waals surface area contributed by atoms with Crippen molar-refractivity contribution >= 4 is 11.5 Å². The highest BCUT2D eigenvalue weighted by Crippen LogP contribution is 2.38. The first kappa shape index (κ1) is 17.0. The molecule has 0 aliphatic carbocycles. The zero-order chi connectivity index (χ0) is 18.0. The minimum Gasteiger partial charge on any atom is -0.369 e. The molecule has 0 N–H and O–H groups in total. The topological polar surface area (TPSA) is 56.1 Å². The maximum absolute atomic E-state index is 13.4. The number of rotatable bonds is 3. The van der Waals surface area contributed by atoms with Gasteiger partial charge in [-0.25, -0.2) is 9.97 Å². The van der Waals surface area contributed by atoms with Gasteiger partial charge in [-0.3, -0.25) is 0 Å². The molecule has 1 aromatic heterocycles. The van der Waals surface area contributed by atoms with Crippen LogP contribution >= 0.6 is 0 Å². The summed E-state index contributed by atoms with van der Waals surface area (Å²) in [6, 6.07) is 7.30. The van der Waals surface area contributed by atoms with Gasteiger partial charge in [-0.1, -0.05) is 0 Å². The highest BCUT2D eigenvalue weighted by Gasteiger charge is 2.37. The molecular weight excluding hydrogens is 331 g/mol. The maximum atomic E-state index is 13.4. The van der Waals surface area contributed by atoms with Crippen molar-refractivity contribution in [3.05, 3.63) is 47.9 Å². The van der Waals surface area contributed by atoms with E-state index in [1.165, 1.54) is 18.5 Å². The number of hydrogen-bond acceptors (Lipinski definition) is 5. The molecule has 2 heterocycles. The Morgan fingerprint density at radius 1 is 1.32 bits per heavy atom. The average molecular weight is 347 g/mol. The number of halogens is 3. The van der Waals surface area contributed by atoms with Crippen LogP contribution < -0.4 is 9.80 Å². The molecule has 8 heteroatoms. The molecule has 2 aromatic rings. The molecule has 1 aliphatic heterocycles. The third kappa shape index (κ3) is 3.50. The quantitative estimate of drug-likeness (QED) is 0.854. The van der Waals surface area contributed by atoms with E-state index in [0.29, 0.717) is 13.1 Å². The van der Waals surface area contributed by atoms with Crippen LogP contribution in [0.25, 0.3) is 0 Å². The second-order valence-corrected chi connectivity index (χ2v) is 5.91. The first-order chi connectivity index (χ1) is 11.9. The second-order valence-electron chi connectivity index (χ2n) is 5.91. The number of anilines is 2. The Hall–Kier alpha value is -2.82. The molecule has 3 rings (SSSR count). The third-order valence-corrected chi connectivity index (χ3v) is 4.41. The highest BCUT2D eigenvalue weighted by molar-refractivity contribution is 5.59. The largest absolute Gasteiger partial charge is 0.418 e. The Labute approximate surface area is 143 Å². The van der Waals surface area contributed by atoms with E-state index in [4.69, 9.17) is 5.26 Å². The molecule has 25 heavy (non-hydrogen) atoms. The van der Waals surface area contributed by atoms with Crippen molar-refractivity contribution in [1.29, 1.82) is 5.26 Å². The van der Waals surface area contributed by atoms with Gasteiger partial charge in [0.15, 0.2) is 0 Å². The molecule has 1 saturated heterocycles. The van der Waals surface area contributed by atoms with E-state index in [0.717, 1.165) is 18.3 Å². The fraction of sp³-hybridized carbons (Fsp3) is 0.353. The van der Waals surface area contributed by atoms with Crippen LogP contribution in [-0.2, 0) is 6.18 Å². The van der Waals surface area contributed by atoms with E-state index < -0.39 is 11.7 Å². The number of nitrogens with zero attached hydrogens (tertiary/aromatic N) is 5. The lowest BCUT2D eigenvalue weighted by Crippen LogP contribution is -2.35. The van der Waals surface area contributed by atoms with Crippen molar-refractivity contribution in [2.75, 3.05) is 29.9 Å². The Kier molecular flexibility index (Phi) is 4.49. The van der Waals surface area contributed by atoms with E-state index in [-0.39, 0.29) is 17.3 Å². The molecule has 1 aliphatic rings. The molecule has 1 fully saturated rings. The summed E-state index contributed by atoms with van der Waals surface area (Å²) in [5.74, 6) is 0.734. The summed E-state index contributed by atoms with van der Waals surface area (Å²) in [5.41, 5.74) is -0.646. The Morgan fingerprint density at radius 3 is 2.76 bits per heavy atom. The minimum atomic E-state index is -4.50. The minimum absolute atomic E-state index is 0.00456. The van der Waals surface area contributed by atoms with Crippen LogP contribution in [0.4, 0.5) is 24.7 Å². The van der Waals surface area contributed by atoms with Gasteiger partial charge in [-0.15, -0.1) is 0 Å². The Balaban J connectivity index is 1.84. The Morgan fingerprint density at radius 2 is 2.12 bits per heavy atom. The van der Waals surface area contributed by atoms with E-state index in [1.54, 1.807) is 23.2 Å². The summed E-state index contributed by atoms with van der Waals surface area (Å²) >= 11 is 0. The van der Waals surface area contributed by atoms with Crippen LogP contribution in [0.15, 0.2) is 36.8 Å². The summed E-state index contributed by atoms with van der Waals surface area (Å²) in [4.78, 5) is 11.7. The summed E-state index contributed by atoms with van der Waals surface area (Å²) in [5, 5.41) is 8.88. The summed E-state index contributed by atoms with van der Waals surface area (Å²) in [6.07, 6.45) is -0.703. The predicted molar refractivity (Wildman–Crippen MR) is 87.2 cm³/mol. The molecule has 0 radical (unpaired) electrons. The van der Waals surface area contributed by atoms with Crippen LogP contribution in [0, 0.1) is 11.3 Å². The van der Waals surface area contributed by atoms with Crippen molar-refractivity contribution in [2.24, 2.45) is 0 Å². The van der Waals surface area contributed by atoms with Gasteiger partial charge in [-0.05, 0) is 30.7 Å². The monoisotopic (exact) mass is 347 g/mol. The predicted octanol–water partition coefficient (Wildman–Crippen LogP) is 3.08. The van der Waals surface area contributed by atoms with E-state index in [1.807, 2.05) is 11.9 Å². The summed E-state index contributed by atoms with van der Waals surface area (Å²) < 4.78 is 40.1. The van der Waals surface area contributed by atoms with Crippen molar-refractivity contribution in [1.82, 2.24) is 9.97 Å². The second kappa shape index (κ2) is 6.59. The molecule has 0 amide bonds. The molecular formula is C17H16F3N5. The zero-order valence-electron chi connectivity index (χ0n) is 13.5. The molecule has 1 aromatic carbocycles. The van der Waals surface area contributed by atoms with Crippen LogP contribution in [-0.4, -0.2) is 36.1 Å². The number of aromatic nitrogens is 2. The number of benzene rings is 1. The van der Waals surface area contributed by atoms with Crippen LogP contribution in [0.5, 0.6) is 0 Å². The van der Waals surface area contributed by atoms with Crippen LogP contribution in [0.3, 0.4) is 0 Å². The summed E-state index contributed by atoms with van der Waals surface area (Å²) in [6.45, 7) is 0.963. The molecule has 130 valence electrons. The van der Waals surface area contributed by atoms with Gasteiger partial charge in [0.2, 0.25) is 0 Å². The van der Waals surface area contributed by atoms with Gasteiger partial charge in [0, 0.05) is 38.1 Å². The number of likely N-dealkylation sites (N-methyl/N-ethyl adjacent to an activating group) is 1. The van der Waals surface area contributed by atoms with Crippen molar-refractivity contribution < 1.29 is 13.2 Å². The lowest BCUT2D eigenvalue weighted by Gasteiger charge is -2.27. The summed E-state index contributed by atoms with van der Waals surface area (Å²) in [7, 11) is 1.87. The third-order valence-electron chi connectivity index (χ3n) is 4.41. The van der Waals surface area contributed by atoms with Crippen molar-refractivity contribution in [3.8, 4) is 6.07 Å². The lowest BCUT2D eigenvalue weighted by molar-refractivity contribution is -0.137. The fourth-order valence-electron chi connectivity index (χ4n) is 3.06. The molecule has 0 bridgehead atoms. The van der Waals surface area contributed by atoms with E-state index in [2.05, 4.69) is 9.97 Å². The number of nitriles is 1. The van der Waals surface area contributed by atoms with Crippen LogP contribution in [0.2, 0.25) is 0 Å². The smallest absolute Gasteiger partial charge is 0.369 e. The van der Waals surface area contributed by atoms with Gasteiger partial charge < -0.3 is 9.80 Å². The van der Waals surface area contributed by atoms with Gasteiger partial charge in [0.05, 0.1) is 17.2 Å². The van der Waals surface area contributed by atoms with E-state index in [9.17, 15) is 13.2 Å². The molecule has 0 saturated carbocycles. The van der Waals surface area contributed by atoms with Gasteiger partial charge in [0.1, 0.15) is 12.1 Å². The fourth-order valence-corrected chi connectivity index (χ4v) is 3.06. The number of hydrogen-bond donors (Lipinski definition) is 0. The lowest BCUT2D eigenvalue weighted by atomic mass is 10.1. The first-order valence-electron chi connectivity index (χ1n) is 7.75. The van der Waals surface area contributed by atoms with E-state index >= 15 is 0 Å². The zero-order valence-corrected chi connectivity index (χ0v) is 13.5. The van der Waals surface area contributed by atoms with Gasteiger partial charge >= 0.3 is 6.18 Å². The SMILES string of the molecule is CN(c1ccncn1)C1CCN(c2ccc(C#N)cc2C(F)(F)F)C1. The molecule has 5 nitrogen and oxygen atoms in total. The van der Waals surface area contributed by atoms with Gasteiger partial charge in [0.25, 0.3) is 0 Å². The molecule has 0 spiro atoms. The van der Waals surface area contributed by atoms with Crippen LogP contribution in [0.1, 0.15) is 17.5 Å². The Bertz CT molecular complexity index is 785. The maximum Gasteiger partial charge on any atom is 0.418 e. The first-order valence-corrected chi connectivity index (χ1v) is 7.75. The van der Waals surface area contributed by atoms with Gasteiger partial charge in [-0.2, -0.15) is 18.4 Å². The van der Waals surface area contributed by atoms with Crippen molar-refractivity contribution in [2.45, 2.75) is 18.6 Å².